The van der Waals surface area contributed by atoms with Crippen molar-refractivity contribution < 1.29 is 26.4 Å². The summed E-state index contributed by atoms with van der Waals surface area (Å²) in [7, 11) is 2.04. The highest BCUT2D eigenvalue weighted by atomic mass is 32.1. The lowest BCUT2D eigenvalue weighted by Gasteiger charge is -2.60. The van der Waals surface area contributed by atoms with Crippen LogP contribution in [0.15, 0.2) is 40.8 Å². The van der Waals surface area contributed by atoms with Gasteiger partial charge in [-0.05, 0) is 43.5 Å². The van der Waals surface area contributed by atoms with Gasteiger partial charge in [0.1, 0.15) is 5.82 Å². The van der Waals surface area contributed by atoms with Crippen LogP contribution in [0, 0.1) is 22.9 Å². The highest BCUT2D eigenvalue weighted by molar-refractivity contribution is 7.80. The molecule has 0 saturated carbocycles. The smallest absolute Gasteiger partial charge is 0.314 e. The van der Waals surface area contributed by atoms with Crippen molar-refractivity contribution in [3.05, 3.63) is 65.3 Å². The van der Waals surface area contributed by atoms with E-state index < -0.39 is 29.8 Å². The lowest BCUT2D eigenvalue weighted by Crippen LogP contribution is -2.73. The van der Waals surface area contributed by atoms with Gasteiger partial charge in [0.2, 0.25) is 5.89 Å². The second-order valence-corrected chi connectivity index (χ2v) is 9.41. The van der Waals surface area contributed by atoms with Gasteiger partial charge in [-0.1, -0.05) is 6.07 Å². The van der Waals surface area contributed by atoms with Gasteiger partial charge in [0.25, 0.3) is 5.89 Å². The van der Waals surface area contributed by atoms with Crippen molar-refractivity contribution in [2.45, 2.75) is 13.0 Å². The molecule has 2 saturated heterocycles. The van der Waals surface area contributed by atoms with Crippen molar-refractivity contribution in [3.63, 3.8) is 0 Å². The number of halogens is 5. The highest BCUT2D eigenvalue weighted by Gasteiger charge is 2.51. The molecule has 0 N–H and O–H groups in total. The number of likely N-dealkylation sites (tertiary alicyclic amines) is 2. The molecule has 2 aliphatic heterocycles. The van der Waals surface area contributed by atoms with Gasteiger partial charge in [-0.25, -0.2) is 13.2 Å². The van der Waals surface area contributed by atoms with Crippen LogP contribution in [0.5, 0.6) is 0 Å². The summed E-state index contributed by atoms with van der Waals surface area (Å²) in [6.07, 6.45) is -2.94. The Labute approximate surface area is 202 Å². The largest absolute Gasteiger partial charge is 0.415 e. The molecule has 0 aliphatic carbocycles. The molecule has 1 spiro atoms. The zero-order valence-electron chi connectivity index (χ0n) is 18.5. The van der Waals surface area contributed by atoms with E-state index in [2.05, 4.69) is 15.1 Å². The summed E-state index contributed by atoms with van der Waals surface area (Å²) in [5.41, 5.74) is 0.786. The van der Waals surface area contributed by atoms with E-state index in [1.165, 1.54) is 18.2 Å². The summed E-state index contributed by atoms with van der Waals surface area (Å²) in [5.74, 6) is -3.81. The fourth-order valence-electron chi connectivity index (χ4n) is 4.71. The van der Waals surface area contributed by atoms with E-state index in [1.807, 2.05) is 11.9 Å². The molecule has 2 aliphatic rings. The maximum Gasteiger partial charge on any atom is 0.314 e. The molecule has 2 fully saturated rings. The molecule has 3 heterocycles. The van der Waals surface area contributed by atoms with Crippen LogP contribution in [0.25, 0.3) is 11.5 Å². The van der Waals surface area contributed by atoms with Crippen molar-refractivity contribution in [1.82, 2.24) is 20.0 Å². The maximum atomic E-state index is 15.0. The molecule has 5 rings (SSSR count). The van der Waals surface area contributed by atoms with E-state index in [0.717, 1.165) is 44.4 Å². The summed E-state index contributed by atoms with van der Waals surface area (Å²) in [5, 5.41) is 7.14. The van der Waals surface area contributed by atoms with Crippen LogP contribution < -0.4 is 4.90 Å². The normalized spacial score (nSPS) is 16.9. The van der Waals surface area contributed by atoms with Gasteiger partial charge in [0.15, 0.2) is 16.7 Å². The van der Waals surface area contributed by atoms with Gasteiger partial charge in [0.05, 0.1) is 6.54 Å². The fraction of sp³-hybridized carbons (Fsp3) is 0.348. The number of alkyl halides is 2. The SMILES string of the molecule is CN1CC2(C1)CN(C(=S)N(Cc1ccc(-c3nnc(C(F)F)o3)cc1F)c1ccc(F)c(F)c1)C2. The van der Waals surface area contributed by atoms with Gasteiger partial charge in [-0.3, -0.25) is 0 Å². The van der Waals surface area contributed by atoms with Gasteiger partial charge in [-0.2, -0.15) is 8.78 Å². The van der Waals surface area contributed by atoms with Gasteiger partial charge < -0.3 is 19.1 Å². The molecule has 3 aromatic rings. The molecule has 35 heavy (non-hydrogen) atoms. The number of hydrogen-bond donors (Lipinski definition) is 0. The Morgan fingerprint density at radius 1 is 1.03 bits per heavy atom. The number of nitrogens with zero attached hydrogens (tertiary/aromatic N) is 5. The molecule has 0 unspecified atom stereocenters. The van der Waals surface area contributed by atoms with Gasteiger partial charge in [-0.15, -0.1) is 10.2 Å². The Morgan fingerprint density at radius 2 is 1.77 bits per heavy atom. The summed E-state index contributed by atoms with van der Waals surface area (Å²) in [4.78, 5) is 5.71. The predicted octanol–water partition coefficient (Wildman–Crippen LogP) is 4.63. The minimum atomic E-state index is -2.94. The number of anilines is 1. The standard InChI is InChI=1S/C23H20F5N5OS/c1-31-9-23(10-31)11-32(12-23)22(35)33(15-4-5-16(24)18(26)7-15)8-14-3-2-13(6-17(14)25)20-29-30-21(34-20)19(27)28/h2-7,19H,8-12H2,1H3. The molecular weight excluding hydrogens is 489 g/mol. The maximum absolute atomic E-state index is 15.0. The van der Waals surface area contributed by atoms with E-state index in [1.54, 1.807) is 4.90 Å². The minimum absolute atomic E-state index is 0.0639. The van der Waals surface area contributed by atoms with E-state index >= 15 is 4.39 Å². The van der Waals surface area contributed by atoms with Crippen LogP contribution >= 0.6 is 12.2 Å². The fourth-order valence-corrected chi connectivity index (χ4v) is 5.01. The first kappa shape index (κ1) is 23.6. The summed E-state index contributed by atoms with van der Waals surface area (Å²) < 4.78 is 73.0. The molecular formula is C23H20F5N5OS. The van der Waals surface area contributed by atoms with Crippen molar-refractivity contribution >= 4 is 23.0 Å². The third-order valence-electron chi connectivity index (χ3n) is 6.24. The van der Waals surface area contributed by atoms with E-state index in [4.69, 9.17) is 16.6 Å². The minimum Gasteiger partial charge on any atom is -0.415 e. The predicted molar refractivity (Wildman–Crippen MR) is 121 cm³/mol. The lowest BCUT2D eigenvalue weighted by molar-refractivity contribution is -0.0733. The van der Waals surface area contributed by atoms with Crippen molar-refractivity contribution in [2.75, 3.05) is 38.1 Å². The van der Waals surface area contributed by atoms with Crippen LogP contribution in [0.2, 0.25) is 0 Å². The second-order valence-electron chi connectivity index (χ2n) is 9.05. The Balaban J connectivity index is 1.39. The van der Waals surface area contributed by atoms with Crippen LogP contribution in [0.4, 0.5) is 27.6 Å². The summed E-state index contributed by atoms with van der Waals surface area (Å²) >= 11 is 5.68. The van der Waals surface area contributed by atoms with Gasteiger partial charge in [0, 0.05) is 54.5 Å². The monoisotopic (exact) mass is 509 g/mol. The Bertz CT molecular complexity index is 1270. The van der Waals surface area contributed by atoms with E-state index in [0.29, 0.717) is 5.11 Å². The Hall–Kier alpha value is -3.12. The van der Waals surface area contributed by atoms with Crippen molar-refractivity contribution in [3.8, 4) is 11.5 Å². The molecule has 0 atom stereocenters. The van der Waals surface area contributed by atoms with Crippen LogP contribution in [0.1, 0.15) is 17.9 Å². The first-order valence-electron chi connectivity index (χ1n) is 10.7. The topological polar surface area (TPSA) is 48.6 Å². The van der Waals surface area contributed by atoms with Gasteiger partial charge >= 0.3 is 6.43 Å². The molecule has 184 valence electrons. The Kier molecular flexibility index (Phi) is 5.96. The van der Waals surface area contributed by atoms with Crippen molar-refractivity contribution in [1.29, 1.82) is 0 Å². The number of hydrogen-bond acceptors (Lipinski definition) is 5. The molecule has 0 radical (unpaired) electrons. The average molecular weight is 510 g/mol. The first-order valence-corrected chi connectivity index (χ1v) is 11.2. The number of thiocarbonyl (C=S) groups is 1. The second kappa shape index (κ2) is 8.83. The quantitative estimate of drug-likeness (QED) is 0.367. The third-order valence-corrected chi connectivity index (χ3v) is 6.71. The molecule has 0 amide bonds. The van der Waals surface area contributed by atoms with E-state index in [-0.39, 0.29) is 34.7 Å². The zero-order valence-corrected chi connectivity index (χ0v) is 19.3. The lowest BCUT2D eigenvalue weighted by atomic mass is 9.73. The third kappa shape index (κ3) is 4.47. The van der Waals surface area contributed by atoms with Crippen LogP contribution in [-0.2, 0) is 6.54 Å². The summed E-state index contributed by atoms with van der Waals surface area (Å²) in [6, 6.07) is 7.38. The van der Waals surface area contributed by atoms with Crippen LogP contribution in [-0.4, -0.2) is 58.3 Å². The Morgan fingerprint density at radius 3 is 2.37 bits per heavy atom. The van der Waals surface area contributed by atoms with E-state index in [9.17, 15) is 17.6 Å². The average Bonchev–Trinajstić information content (AvgIpc) is 3.27. The van der Waals surface area contributed by atoms with Crippen molar-refractivity contribution in [2.24, 2.45) is 5.41 Å². The molecule has 1 aromatic heterocycles. The molecule has 2 aromatic carbocycles. The number of benzene rings is 2. The molecule has 0 bridgehead atoms. The zero-order chi connectivity index (χ0) is 24.9. The number of aromatic nitrogens is 2. The number of rotatable bonds is 5. The molecule has 12 heteroatoms. The highest BCUT2D eigenvalue weighted by Crippen LogP contribution is 2.40. The summed E-state index contributed by atoms with van der Waals surface area (Å²) in [6.45, 7) is 3.29. The first-order chi connectivity index (χ1) is 16.6. The molecule has 6 nitrogen and oxygen atoms in total. The van der Waals surface area contributed by atoms with Crippen LogP contribution in [0.3, 0.4) is 0 Å².